The van der Waals surface area contributed by atoms with E-state index in [0.717, 1.165) is 29.3 Å². The van der Waals surface area contributed by atoms with Gasteiger partial charge >= 0.3 is 0 Å². The van der Waals surface area contributed by atoms with Crippen molar-refractivity contribution in [3.63, 3.8) is 0 Å². The molecule has 1 aliphatic rings. The molecule has 20 heavy (non-hydrogen) atoms. The number of nitro groups is 1. The van der Waals surface area contributed by atoms with Crippen molar-refractivity contribution >= 4 is 10.9 Å². The second-order valence-electron chi connectivity index (χ2n) is 5.81. The summed E-state index contributed by atoms with van der Waals surface area (Å²) in [6.07, 6.45) is 7.92. The first kappa shape index (κ1) is 13.2. The summed E-state index contributed by atoms with van der Waals surface area (Å²) in [4.78, 5) is 14.2. The number of benzene rings is 1. The molecule has 1 N–H and O–H groups in total. The van der Waals surface area contributed by atoms with Gasteiger partial charge in [-0.2, -0.15) is 0 Å². The molecule has 4 heteroatoms. The largest absolute Gasteiger partial charge is 0.361 e. The topological polar surface area (TPSA) is 58.9 Å². The van der Waals surface area contributed by atoms with Crippen LogP contribution < -0.4 is 0 Å². The number of rotatable bonds is 4. The van der Waals surface area contributed by atoms with E-state index in [1.807, 2.05) is 24.4 Å². The van der Waals surface area contributed by atoms with Crippen molar-refractivity contribution in [2.75, 3.05) is 6.54 Å². The van der Waals surface area contributed by atoms with Crippen molar-refractivity contribution in [1.29, 1.82) is 0 Å². The molecular weight excluding hydrogens is 252 g/mol. The molecule has 0 spiro atoms. The fourth-order valence-electron chi connectivity index (χ4n) is 3.60. The summed E-state index contributed by atoms with van der Waals surface area (Å²) in [5.74, 6) is 0.495. The number of nitrogens with zero attached hydrogens (tertiary/aromatic N) is 1. The van der Waals surface area contributed by atoms with Crippen LogP contribution in [0.25, 0.3) is 10.9 Å². The smallest absolute Gasteiger partial charge is 0.211 e. The van der Waals surface area contributed by atoms with Crippen molar-refractivity contribution < 1.29 is 4.92 Å². The van der Waals surface area contributed by atoms with Gasteiger partial charge in [-0.25, -0.2) is 0 Å². The van der Waals surface area contributed by atoms with Gasteiger partial charge in [-0.15, -0.1) is 0 Å². The summed E-state index contributed by atoms with van der Waals surface area (Å²) in [5.41, 5.74) is 2.20. The molecule has 0 radical (unpaired) electrons. The van der Waals surface area contributed by atoms with Gasteiger partial charge in [-0.05, 0) is 30.4 Å². The number of hydrogen-bond acceptors (Lipinski definition) is 2. The third-order valence-corrected chi connectivity index (χ3v) is 4.59. The Morgan fingerprint density at radius 2 is 2.00 bits per heavy atom. The van der Waals surface area contributed by atoms with Gasteiger partial charge in [0.05, 0.1) is 5.92 Å². The summed E-state index contributed by atoms with van der Waals surface area (Å²) in [6.45, 7) is 0.0481. The molecule has 1 aliphatic carbocycles. The lowest BCUT2D eigenvalue weighted by Gasteiger charge is -2.27. The van der Waals surface area contributed by atoms with Crippen LogP contribution in [0.4, 0.5) is 0 Å². The molecule has 1 unspecified atom stereocenters. The van der Waals surface area contributed by atoms with E-state index in [1.165, 1.54) is 19.3 Å². The lowest BCUT2D eigenvalue weighted by Crippen LogP contribution is -2.23. The molecular formula is C16H20N2O2. The van der Waals surface area contributed by atoms with E-state index >= 15 is 0 Å². The lowest BCUT2D eigenvalue weighted by molar-refractivity contribution is -0.485. The van der Waals surface area contributed by atoms with Crippen LogP contribution in [0.5, 0.6) is 0 Å². The molecule has 1 aromatic heterocycles. The molecule has 4 nitrogen and oxygen atoms in total. The highest BCUT2D eigenvalue weighted by atomic mass is 16.6. The van der Waals surface area contributed by atoms with Crippen molar-refractivity contribution in [2.24, 2.45) is 5.92 Å². The van der Waals surface area contributed by atoms with Gasteiger partial charge in [0.15, 0.2) is 0 Å². The Balaban J connectivity index is 1.97. The molecule has 1 atom stereocenters. The molecule has 106 valence electrons. The Morgan fingerprint density at radius 3 is 2.75 bits per heavy atom. The fraction of sp³-hybridized carbons (Fsp3) is 0.500. The Morgan fingerprint density at radius 1 is 1.25 bits per heavy atom. The number of para-hydroxylation sites is 1. The predicted octanol–water partition coefficient (Wildman–Crippen LogP) is 4.11. The Bertz CT molecular complexity index is 599. The predicted molar refractivity (Wildman–Crippen MR) is 79.5 cm³/mol. The van der Waals surface area contributed by atoms with Crippen LogP contribution in [0.3, 0.4) is 0 Å². The van der Waals surface area contributed by atoms with Crippen LogP contribution in [0.2, 0.25) is 0 Å². The zero-order valence-electron chi connectivity index (χ0n) is 11.5. The van der Waals surface area contributed by atoms with Gasteiger partial charge in [0.1, 0.15) is 0 Å². The molecule has 1 aromatic carbocycles. The highest BCUT2D eigenvalue weighted by Crippen LogP contribution is 2.38. The molecule has 2 aromatic rings. The highest BCUT2D eigenvalue weighted by Gasteiger charge is 2.30. The molecule has 1 saturated carbocycles. The van der Waals surface area contributed by atoms with Crippen molar-refractivity contribution in [1.82, 2.24) is 4.98 Å². The minimum absolute atomic E-state index is 0.0430. The SMILES string of the molecule is O=[N+]([O-])CC(c1c[nH]c2ccccc12)C1CCCCC1. The van der Waals surface area contributed by atoms with Gasteiger partial charge in [0, 0.05) is 22.0 Å². The summed E-state index contributed by atoms with van der Waals surface area (Å²) in [7, 11) is 0. The van der Waals surface area contributed by atoms with Gasteiger partial charge in [-0.1, -0.05) is 37.5 Å². The fourth-order valence-corrected chi connectivity index (χ4v) is 3.60. The minimum atomic E-state index is -0.152. The van der Waals surface area contributed by atoms with E-state index in [4.69, 9.17) is 0 Å². The molecule has 1 fully saturated rings. The summed E-state index contributed by atoms with van der Waals surface area (Å²) in [5, 5.41) is 12.2. The normalized spacial score (nSPS) is 18.2. The number of fused-ring (bicyclic) bond motifs is 1. The van der Waals surface area contributed by atoms with Gasteiger partial charge in [0.25, 0.3) is 0 Å². The van der Waals surface area contributed by atoms with Crippen LogP contribution in [-0.2, 0) is 0 Å². The summed E-state index contributed by atoms with van der Waals surface area (Å²) in [6, 6.07) is 8.09. The molecule has 3 rings (SSSR count). The van der Waals surface area contributed by atoms with Crippen molar-refractivity contribution in [3.8, 4) is 0 Å². The van der Waals surface area contributed by atoms with E-state index < -0.39 is 0 Å². The third-order valence-electron chi connectivity index (χ3n) is 4.59. The van der Waals surface area contributed by atoms with E-state index in [-0.39, 0.29) is 17.4 Å². The van der Waals surface area contributed by atoms with E-state index in [2.05, 4.69) is 11.1 Å². The first-order valence-corrected chi connectivity index (χ1v) is 7.43. The van der Waals surface area contributed by atoms with Crippen LogP contribution in [-0.4, -0.2) is 16.5 Å². The first-order chi connectivity index (χ1) is 9.75. The maximum atomic E-state index is 11.1. The van der Waals surface area contributed by atoms with Gasteiger partial charge in [0.2, 0.25) is 6.54 Å². The van der Waals surface area contributed by atoms with Crippen molar-refractivity contribution in [3.05, 3.63) is 46.1 Å². The average Bonchev–Trinajstić information content (AvgIpc) is 2.89. The Labute approximate surface area is 118 Å². The zero-order valence-corrected chi connectivity index (χ0v) is 11.5. The van der Waals surface area contributed by atoms with E-state index in [0.29, 0.717) is 5.92 Å². The average molecular weight is 272 g/mol. The molecule has 0 saturated heterocycles. The summed E-state index contributed by atoms with van der Waals surface area (Å²) >= 11 is 0. The Kier molecular flexibility index (Phi) is 3.72. The number of nitrogens with one attached hydrogen (secondary N) is 1. The maximum absolute atomic E-state index is 11.1. The quantitative estimate of drug-likeness (QED) is 0.672. The van der Waals surface area contributed by atoms with E-state index in [1.54, 1.807) is 0 Å². The van der Waals surface area contributed by atoms with Gasteiger partial charge in [-0.3, -0.25) is 10.1 Å². The summed E-state index contributed by atoms with van der Waals surface area (Å²) < 4.78 is 0. The monoisotopic (exact) mass is 272 g/mol. The standard InChI is InChI=1S/C16H20N2O2/c19-18(20)11-15(12-6-2-1-3-7-12)14-10-17-16-9-5-4-8-13(14)16/h4-5,8-10,12,15,17H,1-3,6-7,11H2. The van der Waals surface area contributed by atoms with Crippen LogP contribution >= 0.6 is 0 Å². The number of aromatic nitrogens is 1. The minimum Gasteiger partial charge on any atom is -0.361 e. The second kappa shape index (κ2) is 5.65. The lowest BCUT2D eigenvalue weighted by atomic mass is 9.77. The number of H-pyrrole nitrogens is 1. The molecule has 0 amide bonds. The maximum Gasteiger partial charge on any atom is 0.211 e. The second-order valence-corrected chi connectivity index (χ2v) is 5.81. The molecule has 1 heterocycles. The highest BCUT2D eigenvalue weighted by molar-refractivity contribution is 5.83. The molecule has 0 aliphatic heterocycles. The number of aromatic amines is 1. The van der Waals surface area contributed by atoms with Crippen LogP contribution in [0.1, 0.15) is 43.6 Å². The number of hydrogen-bond donors (Lipinski definition) is 1. The third kappa shape index (κ3) is 2.55. The molecule has 0 bridgehead atoms. The van der Waals surface area contributed by atoms with Crippen LogP contribution in [0.15, 0.2) is 30.5 Å². The Hall–Kier alpha value is -1.84. The van der Waals surface area contributed by atoms with Gasteiger partial charge < -0.3 is 4.98 Å². The van der Waals surface area contributed by atoms with Crippen LogP contribution in [0, 0.1) is 16.0 Å². The van der Waals surface area contributed by atoms with Crippen molar-refractivity contribution in [2.45, 2.75) is 38.0 Å². The zero-order chi connectivity index (χ0) is 13.9. The first-order valence-electron chi connectivity index (χ1n) is 7.43. The van der Waals surface area contributed by atoms with E-state index in [9.17, 15) is 10.1 Å².